The Balaban J connectivity index is 0. The fourth-order valence-corrected chi connectivity index (χ4v) is 0.656. The highest BCUT2D eigenvalue weighted by atomic mass is 15.2. The van der Waals surface area contributed by atoms with Gasteiger partial charge in [0.2, 0.25) is 0 Å². The molecule has 0 fully saturated rings. The first kappa shape index (κ1) is 17.5. The summed E-state index contributed by atoms with van der Waals surface area (Å²) in [5.74, 6) is 8.99. The van der Waals surface area contributed by atoms with Crippen molar-refractivity contribution in [2.45, 2.75) is 0 Å². The van der Waals surface area contributed by atoms with E-state index in [0.29, 0.717) is 0 Å². The van der Waals surface area contributed by atoms with Gasteiger partial charge in [-0.1, -0.05) is 43.0 Å². The van der Waals surface area contributed by atoms with E-state index in [0.717, 1.165) is 12.7 Å². The van der Waals surface area contributed by atoms with Gasteiger partial charge in [0.25, 0.3) is 0 Å². The lowest BCUT2D eigenvalue weighted by atomic mass is 10.2. The highest BCUT2D eigenvalue weighted by Gasteiger charge is 1.75. The van der Waals surface area contributed by atoms with Crippen LogP contribution in [0, 0.1) is 11.1 Å². The number of nitrogens with one attached hydrogen (secondary N) is 2. The Morgan fingerprint density at radius 1 is 0.944 bits per heavy atom. The van der Waals surface area contributed by atoms with E-state index in [1.807, 2.05) is 36.4 Å². The summed E-state index contributed by atoms with van der Waals surface area (Å²) in [6.07, 6.45) is 3.72. The van der Waals surface area contributed by atoms with E-state index in [2.05, 4.69) is 38.7 Å². The van der Waals surface area contributed by atoms with Gasteiger partial charge in [0.05, 0.1) is 0 Å². The van der Waals surface area contributed by atoms with E-state index in [9.17, 15) is 0 Å². The summed E-state index contributed by atoms with van der Waals surface area (Å²) in [6.45, 7) is 3.63. The Kier molecular flexibility index (Phi) is 16.1. The smallest absolute Gasteiger partial charge is 0.156 e. The molecule has 96 valence electrons. The predicted octanol–water partition coefficient (Wildman–Crippen LogP) is 2.17. The first-order valence-corrected chi connectivity index (χ1v) is 4.60. The molecule has 0 aromatic heterocycles. The number of benzene rings is 1. The van der Waals surface area contributed by atoms with Crippen LogP contribution in [-0.4, -0.2) is 12.7 Å². The first-order valence-electron chi connectivity index (χ1n) is 4.60. The van der Waals surface area contributed by atoms with E-state index in [1.54, 1.807) is 0 Å². The first-order chi connectivity index (χ1) is 8.76. The molecule has 0 bridgehead atoms. The molecule has 1 aromatic carbocycles. The molecular formula is C10H16N8. The number of nitrogens with two attached hydrogens (primary N) is 2. The maximum atomic E-state index is 6.00. The largest absolute Gasteiger partial charge is 0.322 e. The van der Waals surface area contributed by atoms with Gasteiger partial charge in [0, 0.05) is 0 Å². The number of hydrogen-bond acceptors (Lipinski definition) is 6. The summed E-state index contributed by atoms with van der Waals surface area (Å²) < 4.78 is 0. The number of rotatable bonds is 3. The second-order valence-corrected chi connectivity index (χ2v) is 2.40. The molecule has 0 radical (unpaired) electrons. The summed E-state index contributed by atoms with van der Waals surface area (Å²) in [5, 5.41) is 11.1. The van der Waals surface area contributed by atoms with Gasteiger partial charge in [-0.05, 0) is 5.56 Å². The summed E-state index contributed by atoms with van der Waals surface area (Å²) in [4.78, 5) is 0. The van der Waals surface area contributed by atoms with Crippen molar-refractivity contribution in [2.24, 2.45) is 32.1 Å². The highest BCUT2D eigenvalue weighted by molar-refractivity contribution is 5.53. The van der Waals surface area contributed by atoms with Gasteiger partial charge < -0.3 is 11.7 Å². The van der Waals surface area contributed by atoms with E-state index in [-0.39, 0.29) is 0 Å². The van der Waals surface area contributed by atoms with Crippen LogP contribution in [0.15, 0.2) is 57.3 Å². The van der Waals surface area contributed by atoms with E-state index in [1.165, 1.54) is 5.56 Å². The van der Waals surface area contributed by atoms with Crippen LogP contribution in [0.3, 0.4) is 0 Å². The van der Waals surface area contributed by atoms with Crippen molar-refractivity contribution in [2.75, 3.05) is 0 Å². The lowest BCUT2D eigenvalue weighted by Crippen LogP contribution is -1.75. The van der Waals surface area contributed by atoms with E-state index < -0.39 is 0 Å². The molecule has 0 saturated heterocycles. The normalized spacial score (nSPS) is 8.67. The average molecular weight is 248 g/mol. The molecule has 0 unspecified atom stereocenters. The highest BCUT2D eigenvalue weighted by Crippen LogP contribution is 1.97. The quantitative estimate of drug-likeness (QED) is 0.213. The average Bonchev–Trinajstić information content (AvgIpc) is 2.43. The minimum Gasteiger partial charge on any atom is -0.322 e. The zero-order valence-corrected chi connectivity index (χ0v) is 9.77. The van der Waals surface area contributed by atoms with Crippen LogP contribution >= 0.6 is 0 Å². The van der Waals surface area contributed by atoms with Crippen LogP contribution in [0.1, 0.15) is 5.56 Å². The fraction of sp³-hybridized carbons (Fsp3) is 0. The molecule has 1 rings (SSSR count). The molecule has 1 aromatic rings. The standard InChI is InChI=1S/C8H8.2CH4N4/c1-2-8-6-4-3-5-7-8;2*2-4-1-5-3/h2-7H,1H2;2*1-2H,3H2. The van der Waals surface area contributed by atoms with Gasteiger partial charge in [-0.15, -0.1) is 10.2 Å². The van der Waals surface area contributed by atoms with Crippen molar-refractivity contribution in [3.8, 4) is 0 Å². The molecule has 0 aliphatic rings. The fourth-order valence-electron chi connectivity index (χ4n) is 0.656. The molecule has 0 amide bonds. The number of hydrogen-bond donors (Lipinski definition) is 4. The molecule has 0 spiro atoms. The van der Waals surface area contributed by atoms with Crippen LogP contribution in [0.2, 0.25) is 0 Å². The van der Waals surface area contributed by atoms with Crippen molar-refractivity contribution < 1.29 is 0 Å². The number of hydrazone groups is 2. The van der Waals surface area contributed by atoms with Crippen LogP contribution in [-0.2, 0) is 0 Å². The van der Waals surface area contributed by atoms with Crippen LogP contribution in [0.25, 0.3) is 6.08 Å². The van der Waals surface area contributed by atoms with Crippen molar-refractivity contribution >= 4 is 18.8 Å². The van der Waals surface area contributed by atoms with Gasteiger partial charge in [-0.25, -0.2) is 11.1 Å². The molecule has 0 aliphatic heterocycles. The van der Waals surface area contributed by atoms with Crippen molar-refractivity contribution in [3.63, 3.8) is 0 Å². The third-order valence-corrected chi connectivity index (χ3v) is 1.28. The maximum Gasteiger partial charge on any atom is 0.156 e. The SMILES string of the molecule is C=Cc1ccccc1.N=NC=NN.N=NC=NN. The Morgan fingerprint density at radius 2 is 1.39 bits per heavy atom. The van der Waals surface area contributed by atoms with Crippen molar-refractivity contribution in [1.82, 2.24) is 0 Å². The van der Waals surface area contributed by atoms with Crippen LogP contribution in [0.4, 0.5) is 0 Å². The summed E-state index contributed by atoms with van der Waals surface area (Å²) in [6, 6.07) is 10.0. The molecule has 0 heterocycles. The second kappa shape index (κ2) is 16.5. The van der Waals surface area contributed by atoms with Gasteiger partial charge in [0.1, 0.15) is 0 Å². The minimum atomic E-state index is 0.944. The topological polar surface area (TPSA) is 149 Å². The predicted molar refractivity (Wildman–Crippen MR) is 72.2 cm³/mol. The summed E-state index contributed by atoms with van der Waals surface area (Å²) >= 11 is 0. The Labute approximate surface area is 105 Å². The van der Waals surface area contributed by atoms with Gasteiger partial charge in [-0.3, -0.25) is 0 Å². The monoisotopic (exact) mass is 248 g/mol. The third-order valence-electron chi connectivity index (χ3n) is 1.28. The summed E-state index contributed by atoms with van der Waals surface area (Å²) in [7, 11) is 0. The van der Waals surface area contributed by atoms with E-state index in [4.69, 9.17) is 11.1 Å². The number of nitrogens with zero attached hydrogens (tertiary/aromatic N) is 4. The summed E-state index contributed by atoms with van der Waals surface area (Å²) in [5.41, 5.74) is 13.2. The van der Waals surface area contributed by atoms with Crippen molar-refractivity contribution in [3.05, 3.63) is 42.5 Å². The van der Waals surface area contributed by atoms with Gasteiger partial charge in [0.15, 0.2) is 12.7 Å². The zero-order valence-electron chi connectivity index (χ0n) is 9.77. The molecule has 0 atom stereocenters. The van der Waals surface area contributed by atoms with Gasteiger partial charge in [-0.2, -0.15) is 10.2 Å². The lowest BCUT2D eigenvalue weighted by molar-refractivity contribution is 1.17. The molecule has 0 saturated carbocycles. The molecule has 8 heteroatoms. The third kappa shape index (κ3) is 15.6. The lowest BCUT2D eigenvalue weighted by Gasteiger charge is -1.85. The Bertz CT molecular complexity index is 355. The zero-order chi connectivity index (χ0) is 14.1. The minimum absolute atomic E-state index is 0.944. The van der Waals surface area contributed by atoms with E-state index >= 15 is 0 Å². The molecule has 18 heavy (non-hydrogen) atoms. The second-order valence-electron chi connectivity index (χ2n) is 2.40. The molecule has 0 aliphatic carbocycles. The van der Waals surface area contributed by atoms with Crippen molar-refractivity contribution in [1.29, 1.82) is 11.1 Å². The molecule has 6 N–H and O–H groups in total. The van der Waals surface area contributed by atoms with Gasteiger partial charge >= 0.3 is 0 Å². The van der Waals surface area contributed by atoms with Crippen LogP contribution in [0.5, 0.6) is 0 Å². The molecular weight excluding hydrogens is 232 g/mol. The maximum absolute atomic E-state index is 6.00. The Hall–Kier alpha value is -2.90. The molecule has 8 nitrogen and oxygen atoms in total. The Morgan fingerprint density at radius 3 is 1.56 bits per heavy atom. The van der Waals surface area contributed by atoms with Crippen LogP contribution < -0.4 is 11.7 Å².